The van der Waals surface area contributed by atoms with Crippen LogP contribution in [0.15, 0.2) is 0 Å². The summed E-state index contributed by atoms with van der Waals surface area (Å²) in [5, 5.41) is 3.61. The van der Waals surface area contributed by atoms with Gasteiger partial charge in [0.15, 0.2) is 0 Å². The van der Waals surface area contributed by atoms with E-state index in [2.05, 4.69) is 31.0 Å². The molecule has 2 saturated heterocycles. The van der Waals surface area contributed by atoms with E-state index in [1.165, 1.54) is 38.8 Å². The minimum Gasteiger partial charge on any atom is -0.378 e. The minimum atomic E-state index is 0.513. The molecule has 0 spiro atoms. The number of hydrogen-bond acceptors (Lipinski definition) is 3. The molecule has 0 aromatic rings. The fourth-order valence-corrected chi connectivity index (χ4v) is 3.38. The first-order chi connectivity index (χ1) is 8.19. The van der Waals surface area contributed by atoms with Crippen molar-refractivity contribution >= 4 is 0 Å². The Labute approximate surface area is 106 Å². The van der Waals surface area contributed by atoms with Gasteiger partial charge in [-0.25, -0.2) is 0 Å². The Morgan fingerprint density at radius 2 is 1.94 bits per heavy atom. The zero-order valence-electron chi connectivity index (χ0n) is 11.6. The molecular weight excluding hydrogens is 212 g/mol. The lowest BCUT2D eigenvalue weighted by Crippen LogP contribution is -2.58. The van der Waals surface area contributed by atoms with Crippen molar-refractivity contribution in [3.05, 3.63) is 0 Å². The summed E-state index contributed by atoms with van der Waals surface area (Å²) in [4.78, 5) is 2.69. The van der Waals surface area contributed by atoms with Gasteiger partial charge < -0.3 is 10.1 Å². The van der Waals surface area contributed by atoms with Crippen molar-refractivity contribution in [1.29, 1.82) is 0 Å². The lowest BCUT2D eigenvalue weighted by atomic mass is 9.97. The Balaban J connectivity index is 1.87. The van der Waals surface area contributed by atoms with E-state index in [-0.39, 0.29) is 0 Å². The molecule has 0 aliphatic carbocycles. The fourth-order valence-electron chi connectivity index (χ4n) is 3.38. The van der Waals surface area contributed by atoms with E-state index in [0.29, 0.717) is 18.2 Å². The molecule has 0 saturated carbocycles. The van der Waals surface area contributed by atoms with Gasteiger partial charge in [0.1, 0.15) is 0 Å². The van der Waals surface area contributed by atoms with E-state index >= 15 is 0 Å². The van der Waals surface area contributed by atoms with Crippen molar-refractivity contribution in [3.63, 3.8) is 0 Å². The number of hydrogen-bond donors (Lipinski definition) is 1. The van der Waals surface area contributed by atoms with E-state index in [1.54, 1.807) is 0 Å². The van der Waals surface area contributed by atoms with Gasteiger partial charge >= 0.3 is 0 Å². The second kappa shape index (κ2) is 6.17. The molecule has 17 heavy (non-hydrogen) atoms. The summed E-state index contributed by atoms with van der Waals surface area (Å²) in [7, 11) is 0. The van der Waals surface area contributed by atoms with E-state index in [9.17, 15) is 0 Å². The molecule has 3 heteroatoms. The first-order valence-electron chi connectivity index (χ1n) is 7.30. The molecule has 0 radical (unpaired) electrons. The molecule has 100 valence electrons. The number of piperazine rings is 1. The van der Waals surface area contributed by atoms with E-state index in [1.807, 2.05) is 0 Å². The van der Waals surface area contributed by atoms with E-state index in [4.69, 9.17) is 4.74 Å². The lowest BCUT2D eigenvalue weighted by molar-refractivity contribution is -0.0384. The van der Waals surface area contributed by atoms with Crippen LogP contribution < -0.4 is 5.32 Å². The number of rotatable bonds is 3. The van der Waals surface area contributed by atoms with Crippen molar-refractivity contribution in [3.8, 4) is 0 Å². The summed E-state index contributed by atoms with van der Waals surface area (Å²) in [5.74, 6) is 0. The van der Waals surface area contributed by atoms with Gasteiger partial charge in [0.2, 0.25) is 0 Å². The summed E-state index contributed by atoms with van der Waals surface area (Å²) in [6.07, 6.45) is 5.45. The van der Waals surface area contributed by atoms with Crippen LogP contribution in [0.25, 0.3) is 0 Å². The van der Waals surface area contributed by atoms with Crippen LogP contribution in [0, 0.1) is 0 Å². The summed E-state index contributed by atoms with van der Waals surface area (Å²) in [6.45, 7) is 10.2. The zero-order chi connectivity index (χ0) is 12.3. The van der Waals surface area contributed by atoms with E-state index in [0.717, 1.165) is 12.6 Å². The van der Waals surface area contributed by atoms with Crippen molar-refractivity contribution < 1.29 is 4.74 Å². The highest BCUT2D eigenvalue weighted by Crippen LogP contribution is 2.23. The van der Waals surface area contributed by atoms with Crippen LogP contribution in [0.2, 0.25) is 0 Å². The second-order valence-corrected chi connectivity index (χ2v) is 5.88. The van der Waals surface area contributed by atoms with Crippen molar-refractivity contribution in [1.82, 2.24) is 10.2 Å². The maximum atomic E-state index is 5.85. The highest BCUT2D eigenvalue weighted by Gasteiger charge is 2.30. The molecule has 4 unspecified atom stereocenters. The third-order valence-electron chi connectivity index (χ3n) is 4.05. The Kier molecular flexibility index (Phi) is 4.83. The molecule has 0 aromatic carbocycles. The average molecular weight is 240 g/mol. The molecule has 0 aromatic heterocycles. The minimum absolute atomic E-state index is 0.513. The summed E-state index contributed by atoms with van der Waals surface area (Å²) >= 11 is 0. The quantitative estimate of drug-likeness (QED) is 0.817. The number of ether oxygens (including phenoxy) is 1. The predicted octanol–water partition coefficient (Wildman–Crippen LogP) is 2.02. The molecule has 0 amide bonds. The van der Waals surface area contributed by atoms with Gasteiger partial charge in [0.05, 0.1) is 6.10 Å². The topological polar surface area (TPSA) is 24.5 Å². The Hall–Kier alpha value is -0.120. The van der Waals surface area contributed by atoms with Crippen LogP contribution in [0.3, 0.4) is 0 Å². The van der Waals surface area contributed by atoms with E-state index < -0.39 is 0 Å². The Morgan fingerprint density at radius 1 is 1.24 bits per heavy atom. The fraction of sp³-hybridized carbons (Fsp3) is 1.00. The lowest BCUT2D eigenvalue weighted by Gasteiger charge is -2.43. The normalized spacial score (nSPS) is 40.4. The highest BCUT2D eigenvalue weighted by atomic mass is 16.5. The van der Waals surface area contributed by atoms with Gasteiger partial charge in [-0.1, -0.05) is 13.3 Å². The van der Waals surface area contributed by atoms with Gasteiger partial charge in [-0.2, -0.15) is 0 Å². The van der Waals surface area contributed by atoms with Crippen LogP contribution >= 0.6 is 0 Å². The molecule has 2 aliphatic heterocycles. The molecule has 2 fully saturated rings. The molecular formula is C14H28N2O. The second-order valence-electron chi connectivity index (χ2n) is 5.88. The summed E-state index contributed by atoms with van der Waals surface area (Å²) < 4.78 is 5.85. The van der Waals surface area contributed by atoms with Crippen molar-refractivity contribution in [2.75, 3.05) is 19.7 Å². The van der Waals surface area contributed by atoms with Gasteiger partial charge in [0, 0.05) is 37.8 Å². The van der Waals surface area contributed by atoms with Crippen LogP contribution in [0.5, 0.6) is 0 Å². The summed E-state index contributed by atoms with van der Waals surface area (Å²) in [5.41, 5.74) is 0. The molecule has 3 nitrogen and oxygen atoms in total. The van der Waals surface area contributed by atoms with Gasteiger partial charge in [-0.05, 0) is 33.1 Å². The van der Waals surface area contributed by atoms with Crippen molar-refractivity contribution in [2.45, 2.75) is 70.7 Å². The largest absolute Gasteiger partial charge is 0.378 e. The standard InChI is InChI=1S/C14H28N2O/c1-4-5-14-8-13(6-7-17-14)16-9-11(2)15-12(3)10-16/h11-15H,4-10H2,1-3H3. The van der Waals surface area contributed by atoms with Crippen LogP contribution in [-0.4, -0.2) is 48.8 Å². The van der Waals surface area contributed by atoms with Crippen molar-refractivity contribution in [2.24, 2.45) is 0 Å². The number of nitrogens with zero attached hydrogens (tertiary/aromatic N) is 1. The zero-order valence-corrected chi connectivity index (χ0v) is 11.6. The van der Waals surface area contributed by atoms with Crippen LogP contribution in [-0.2, 0) is 4.74 Å². The van der Waals surface area contributed by atoms with Crippen LogP contribution in [0.1, 0.15) is 46.5 Å². The molecule has 2 rings (SSSR count). The van der Waals surface area contributed by atoms with Crippen LogP contribution in [0.4, 0.5) is 0 Å². The predicted molar refractivity (Wildman–Crippen MR) is 71.3 cm³/mol. The van der Waals surface area contributed by atoms with Gasteiger partial charge in [-0.15, -0.1) is 0 Å². The maximum Gasteiger partial charge on any atom is 0.0590 e. The third-order valence-corrected chi connectivity index (χ3v) is 4.05. The summed E-state index contributed by atoms with van der Waals surface area (Å²) in [6, 6.07) is 2.02. The monoisotopic (exact) mass is 240 g/mol. The Morgan fingerprint density at radius 3 is 2.59 bits per heavy atom. The smallest absolute Gasteiger partial charge is 0.0590 e. The third kappa shape index (κ3) is 3.67. The number of nitrogens with one attached hydrogen (secondary N) is 1. The molecule has 1 N–H and O–H groups in total. The Bertz CT molecular complexity index is 222. The highest BCUT2D eigenvalue weighted by molar-refractivity contribution is 4.87. The first-order valence-corrected chi connectivity index (χ1v) is 7.30. The molecule has 2 aliphatic rings. The van der Waals surface area contributed by atoms with Gasteiger partial charge in [0.25, 0.3) is 0 Å². The molecule has 0 bridgehead atoms. The SMILES string of the molecule is CCCC1CC(N2CC(C)NC(C)C2)CCO1. The first kappa shape index (κ1) is 13.3. The average Bonchev–Trinajstić information content (AvgIpc) is 2.28. The maximum absolute atomic E-state index is 5.85. The van der Waals surface area contributed by atoms with Gasteiger partial charge in [-0.3, -0.25) is 4.90 Å². The molecule has 4 atom stereocenters. The molecule has 2 heterocycles.